The zero-order valence-corrected chi connectivity index (χ0v) is 42.6. The van der Waals surface area contributed by atoms with Crippen molar-refractivity contribution in [2.75, 3.05) is 64.8 Å². The van der Waals surface area contributed by atoms with Crippen LogP contribution in [0.15, 0.2) is 85.5 Å². The van der Waals surface area contributed by atoms with Crippen LogP contribution in [0.2, 0.25) is 0 Å². The maximum absolute atomic E-state index is 12.8. The van der Waals surface area contributed by atoms with Gasteiger partial charge in [-0.1, -0.05) is 84.7 Å². The SMILES string of the molecule is CN(C/C=C/C(=O)N1CC[C@@H](n2nc(I)c3c(N)ncnc32)C1)C1CCC1.Cc1ccc(-c2nn([C@@H]3CCN(C(=O)/C=C/CN(C)C4CCC4)C3)c3ncnc(N)c23)cc1.Cc1ccc(B(O)O)cc1. The molecule has 6 N–H and O–H groups in total. The Kier molecular flexibility index (Phi) is 16.6. The van der Waals surface area contributed by atoms with Crippen molar-refractivity contribution in [2.24, 2.45) is 0 Å². The summed E-state index contributed by atoms with van der Waals surface area (Å²) in [6.07, 6.45) is 19.8. The molecule has 4 aromatic heterocycles. The molecular formula is C50H64BIN14O4. The van der Waals surface area contributed by atoms with Crippen LogP contribution in [0, 0.1) is 17.5 Å². The first kappa shape index (κ1) is 50.6. The van der Waals surface area contributed by atoms with E-state index in [0.717, 1.165) is 75.1 Å². The molecule has 10 rings (SSSR count). The second-order valence-corrected chi connectivity index (χ2v) is 19.9. The zero-order valence-electron chi connectivity index (χ0n) is 40.5. The number of rotatable bonds is 12. The Labute approximate surface area is 423 Å². The van der Waals surface area contributed by atoms with Gasteiger partial charge in [0.1, 0.15) is 33.7 Å². The Hall–Kier alpha value is -5.81. The highest BCUT2D eigenvalue weighted by molar-refractivity contribution is 14.1. The Morgan fingerprint density at radius 1 is 0.686 bits per heavy atom. The molecule has 368 valence electrons. The molecule has 2 saturated heterocycles. The summed E-state index contributed by atoms with van der Waals surface area (Å²) in [6, 6.07) is 16.8. The monoisotopic (exact) mass is 1060 g/mol. The number of benzene rings is 2. The van der Waals surface area contributed by atoms with Crippen LogP contribution < -0.4 is 16.9 Å². The fraction of sp³-hybridized carbons (Fsp3) is 0.440. The third-order valence-corrected chi connectivity index (χ3v) is 14.8. The van der Waals surface area contributed by atoms with E-state index >= 15 is 0 Å². The molecule has 2 atom stereocenters. The lowest BCUT2D eigenvalue weighted by molar-refractivity contribution is -0.125. The molecule has 2 aromatic carbocycles. The van der Waals surface area contributed by atoms with Crippen LogP contribution in [0.1, 0.15) is 74.6 Å². The van der Waals surface area contributed by atoms with Crippen molar-refractivity contribution in [1.82, 2.24) is 59.1 Å². The van der Waals surface area contributed by atoms with Gasteiger partial charge in [-0.3, -0.25) is 19.4 Å². The van der Waals surface area contributed by atoms with Gasteiger partial charge in [-0.2, -0.15) is 10.2 Å². The number of hydrogen-bond acceptors (Lipinski definition) is 14. The van der Waals surface area contributed by atoms with Crippen LogP contribution in [-0.4, -0.2) is 154 Å². The fourth-order valence-corrected chi connectivity index (χ4v) is 9.95. The number of aromatic nitrogens is 8. The van der Waals surface area contributed by atoms with Gasteiger partial charge in [0.25, 0.3) is 0 Å². The molecule has 70 heavy (non-hydrogen) atoms. The van der Waals surface area contributed by atoms with Gasteiger partial charge in [0.05, 0.1) is 22.9 Å². The van der Waals surface area contributed by atoms with Crippen LogP contribution in [0.25, 0.3) is 33.3 Å². The van der Waals surface area contributed by atoms with Gasteiger partial charge in [0, 0.05) is 69.1 Å². The van der Waals surface area contributed by atoms with E-state index in [9.17, 15) is 9.59 Å². The standard InChI is InChI=1S/C25H31N7O.C18H24IN7O.C7H9BO2/c1-17-8-10-18(11-9-17)23-22-24(26)27-16-28-25(22)32(29-23)20-12-14-31(15-20)21(33)7-4-13-30(2)19-5-3-6-19;1-24(12-4-2-5-12)8-3-6-14(27)25-9-7-13(10-25)26-18-15(16(19)23-26)17(20)21-11-22-18;1-6-2-4-7(5-3-6)8(9)10/h4,7-11,16,19-20H,3,5-6,12-15H2,1-2H3,(H2,26,27,28);3,6,11-13H,2,4-5,7-10H2,1H3,(H2,20,21,22);2-5,9-10H,1H3/b7-4+;6-3+;/t20-;13-;/m11./s1. The minimum atomic E-state index is -1.35. The molecular weight excluding hydrogens is 998 g/mol. The number of amides is 2. The topological polar surface area (TPSA) is 227 Å². The smallest absolute Gasteiger partial charge is 0.423 e. The zero-order chi connectivity index (χ0) is 49.5. The van der Waals surface area contributed by atoms with Gasteiger partial charge >= 0.3 is 7.12 Å². The minimum Gasteiger partial charge on any atom is -0.423 e. The summed E-state index contributed by atoms with van der Waals surface area (Å²) < 4.78 is 4.63. The summed E-state index contributed by atoms with van der Waals surface area (Å²) in [4.78, 5) is 50.8. The van der Waals surface area contributed by atoms with Crippen LogP contribution in [0.5, 0.6) is 0 Å². The van der Waals surface area contributed by atoms with Crippen molar-refractivity contribution in [3.8, 4) is 11.3 Å². The Morgan fingerprint density at radius 2 is 1.14 bits per heavy atom. The molecule has 2 aliphatic heterocycles. The number of nitrogens with two attached hydrogens (primary N) is 2. The number of carbonyl (C=O) groups is 2. The summed E-state index contributed by atoms with van der Waals surface area (Å²) in [5.41, 5.74) is 18.3. The van der Waals surface area contributed by atoms with Crippen LogP contribution in [0.3, 0.4) is 0 Å². The van der Waals surface area contributed by atoms with E-state index in [1.54, 1.807) is 24.3 Å². The van der Waals surface area contributed by atoms with E-state index in [0.29, 0.717) is 48.8 Å². The first-order chi connectivity index (χ1) is 33.7. The molecule has 18 nitrogen and oxygen atoms in total. The van der Waals surface area contributed by atoms with Crippen molar-refractivity contribution in [1.29, 1.82) is 0 Å². The first-order valence-electron chi connectivity index (χ1n) is 24.2. The highest BCUT2D eigenvalue weighted by atomic mass is 127. The van der Waals surface area contributed by atoms with Crippen molar-refractivity contribution in [3.63, 3.8) is 0 Å². The molecule has 0 unspecified atom stereocenters. The number of likely N-dealkylation sites (N-methyl/N-ethyl adjacent to an activating group) is 2. The van der Waals surface area contributed by atoms with Crippen LogP contribution >= 0.6 is 22.6 Å². The molecule has 6 heterocycles. The molecule has 6 aromatic rings. The number of carbonyl (C=O) groups excluding carboxylic acids is 2. The Morgan fingerprint density at radius 3 is 1.61 bits per heavy atom. The van der Waals surface area contributed by atoms with Gasteiger partial charge in [0.15, 0.2) is 11.3 Å². The predicted molar refractivity (Wildman–Crippen MR) is 283 cm³/mol. The van der Waals surface area contributed by atoms with Gasteiger partial charge in [-0.15, -0.1) is 0 Å². The van der Waals surface area contributed by atoms with E-state index < -0.39 is 7.12 Å². The van der Waals surface area contributed by atoms with E-state index in [2.05, 4.69) is 90.6 Å². The Balaban J connectivity index is 0.000000160. The Bertz CT molecular complexity index is 2810. The number of anilines is 2. The number of nitrogens with zero attached hydrogens (tertiary/aromatic N) is 12. The van der Waals surface area contributed by atoms with E-state index in [4.69, 9.17) is 26.6 Å². The third-order valence-electron chi connectivity index (χ3n) is 14.0. The lowest BCUT2D eigenvalue weighted by atomic mass is 9.80. The first-order valence-corrected chi connectivity index (χ1v) is 25.3. The van der Waals surface area contributed by atoms with E-state index in [-0.39, 0.29) is 23.9 Å². The van der Waals surface area contributed by atoms with Crippen molar-refractivity contribution < 1.29 is 19.6 Å². The number of likely N-dealkylation sites (tertiary alicyclic amines) is 2. The second-order valence-electron chi connectivity index (χ2n) is 18.9. The molecule has 2 aliphatic carbocycles. The molecule has 0 radical (unpaired) electrons. The number of hydrogen-bond donors (Lipinski definition) is 4. The van der Waals surface area contributed by atoms with E-state index in [1.807, 2.05) is 62.5 Å². The number of nitrogen functional groups attached to an aromatic ring is 2. The maximum atomic E-state index is 12.8. The molecule has 4 aliphatic rings. The van der Waals surface area contributed by atoms with E-state index in [1.165, 1.54) is 56.7 Å². The summed E-state index contributed by atoms with van der Waals surface area (Å²) in [5.74, 6) is 0.995. The lowest BCUT2D eigenvalue weighted by Gasteiger charge is -2.33. The summed E-state index contributed by atoms with van der Waals surface area (Å²) >= 11 is 2.16. The van der Waals surface area contributed by atoms with Gasteiger partial charge in [-0.05, 0) is 94.5 Å². The van der Waals surface area contributed by atoms with Gasteiger partial charge in [0.2, 0.25) is 11.8 Å². The normalized spacial score (nSPS) is 18.4. The van der Waals surface area contributed by atoms with Gasteiger partial charge < -0.3 is 31.3 Å². The third kappa shape index (κ3) is 11.9. The molecule has 2 amide bonds. The average molecular weight is 1060 g/mol. The number of aryl methyl sites for hydroxylation is 2. The quantitative estimate of drug-likeness (QED) is 0.0741. The summed E-state index contributed by atoms with van der Waals surface area (Å²) in [5, 5.41) is 28.4. The van der Waals surface area contributed by atoms with Crippen LogP contribution in [0.4, 0.5) is 11.6 Å². The highest BCUT2D eigenvalue weighted by Gasteiger charge is 2.32. The fourth-order valence-electron chi connectivity index (χ4n) is 9.20. The summed E-state index contributed by atoms with van der Waals surface area (Å²) in [6.45, 7) is 8.32. The lowest BCUT2D eigenvalue weighted by Crippen LogP contribution is -2.37. The average Bonchev–Trinajstić information content (AvgIpc) is 4.13. The maximum Gasteiger partial charge on any atom is 0.488 e. The van der Waals surface area contributed by atoms with Crippen molar-refractivity contribution >= 4 is 80.7 Å². The second kappa shape index (κ2) is 23.0. The largest absolute Gasteiger partial charge is 0.488 e. The van der Waals surface area contributed by atoms with Crippen molar-refractivity contribution in [2.45, 2.75) is 89.4 Å². The van der Waals surface area contributed by atoms with Crippen molar-refractivity contribution in [3.05, 3.63) is 100 Å². The molecule has 0 spiro atoms. The minimum absolute atomic E-state index is 0.0519. The number of halogens is 1. The number of fused-ring (bicyclic) bond motifs is 2. The molecule has 0 bridgehead atoms. The molecule has 2 saturated carbocycles. The predicted octanol–water partition coefficient (Wildman–Crippen LogP) is 4.70. The van der Waals surface area contributed by atoms with Crippen LogP contribution in [-0.2, 0) is 9.59 Å². The molecule has 4 fully saturated rings. The molecule has 20 heteroatoms. The summed E-state index contributed by atoms with van der Waals surface area (Å²) in [7, 11) is 2.91. The van der Waals surface area contributed by atoms with Gasteiger partial charge in [-0.25, -0.2) is 29.3 Å². The highest BCUT2D eigenvalue weighted by Crippen LogP contribution is 2.34.